The summed E-state index contributed by atoms with van der Waals surface area (Å²) in [6, 6.07) is 10.2. The first kappa shape index (κ1) is 14.5. The van der Waals surface area contributed by atoms with Crippen molar-refractivity contribution in [1.29, 1.82) is 0 Å². The zero-order valence-corrected chi connectivity index (χ0v) is 12.7. The monoisotopic (exact) mass is 342 g/mol. The van der Waals surface area contributed by atoms with Crippen LogP contribution in [0.1, 0.15) is 22.8 Å². The summed E-state index contributed by atoms with van der Waals surface area (Å²) in [5.74, 6) is -0.448. The normalized spacial score (nSPS) is 12.5. The number of hydrogen-bond acceptors (Lipinski definition) is 1. The predicted octanol–water partition coefficient (Wildman–Crippen LogP) is 4.83. The Balaban J connectivity index is 2.23. The summed E-state index contributed by atoms with van der Waals surface area (Å²) in [6.45, 7) is 1.97. The minimum absolute atomic E-state index is 0.0769. The van der Waals surface area contributed by atoms with Gasteiger partial charge in [-0.25, -0.2) is 4.39 Å². The van der Waals surface area contributed by atoms with Gasteiger partial charge in [-0.2, -0.15) is 0 Å². The van der Waals surface area contributed by atoms with E-state index in [4.69, 9.17) is 11.6 Å². The highest BCUT2D eigenvalue weighted by molar-refractivity contribution is 9.10. The number of halogens is 3. The summed E-state index contributed by atoms with van der Waals surface area (Å²) in [5, 5.41) is 10.3. The van der Waals surface area contributed by atoms with Gasteiger partial charge >= 0.3 is 0 Å². The molecule has 0 aliphatic rings. The standard InChI is InChI=1S/C15H13BrClFO/c1-9-3-2-4-11(15(9)16)14(19)8-10-5-6-13(18)12(17)7-10/h2-7,14,19H,8H2,1H3. The molecule has 1 atom stereocenters. The van der Waals surface area contributed by atoms with Crippen LogP contribution in [0.25, 0.3) is 0 Å². The molecule has 1 unspecified atom stereocenters. The molecule has 0 heterocycles. The van der Waals surface area contributed by atoms with Crippen LogP contribution in [-0.2, 0) is 6.42 Å². The topological polar surface area (TPSA) is 20.2 Å². The fraction of sp³-hybridized carbons (Fsp3) is 0.200. The van der Waals surface area contributed by atoms with Gasteiger partial charge in [0.1, 0.15) is 5.82 Å². The molecule has 19 heavy (non-hydrogen) atoms. The number of aliphatic hydroxyl groups is 1. The SMILES string of the molecule is Cc1cccc(C(O)Cc2ccc(F)c(Cl)c2)c1Br. The van der Waals surface area contributed by atoms with Crippen molar-refractivity contribution in [3.8, 4) is 0 Å². The van der Waals surface area contributed by atoms with E-state index in [0.29, 0.717) is 6.42 Å². The maximum Gasteiger partial charge on any atom is 0.141 e. The van der Waals surface area contributed by atoms with E-state index in [1.165, 1.54) is 6.07 Å². The van der Waals surface area contributed by atoms with Crippen LogP contribution in [0.5, 0.6) is 0 Å². The van der Waals surface area contributed by atoms with E-state index in [1.807, 2.05) is 25.1 Å². The largest absolute Gasteiger partial charge is 0.388 e. The molecule has 1 nitrogen and oxygen atoms in total. The quantitative estimate of drug-likeness (QED) is 0.846. The summed E-state index contributed by atoms with van der Waals surface area (Å²) in [7, 11) is 0. The second kappa shape index (κ2) is 6.04. The van der Waals surface area contributed by atoms with Gasteiger partial charge in [-0.3, -0.25) is 0 Å². The van der Waals surface area contributed by atoms with Crippen molar-refractivity contribution < 1.29 is 9.50 Å². The van der Waals surface area contributed by atoms with Gasteiger partial charge < -0.3 is 5.11 Å². The van der Waals surface area contributed by atoms with Crippen LogP contribution in [0, 0.1) is 12.7 Å². The van der Waals surface area contributed by atoms with E-state index in [1.54, 1.807) is 12.1 Å². The predicted molar refractivity (Wildman–Crippen MR) is 79.0 cm³/mol. The van der Waals surface area contributed by atoms with Crippen LogP contribution in [-0.4, -0.2) is 5.11 Å². The molecule has 2 rings (SSSR count). The lowest BCUT2D eigenvalue weighted by molar-refractivity contribution is 0.177. The van der Waals surface area contributed by atoms with E-state index in [0.717, 1.165) is 21.2 Å². The highest BCUT2D eigenvalue weighted by Gasteiger charge is 2.14. The first-order chi connectivity index (χ1) is 8.99. The fourth-order valence-electron chi connectivity index (χ4n) is 1.93. The first-order valence-electron chi connectivity index (χ1n) is 5.86. The summed E-state index contributed by atoms with van der Waals surface area (Å²) in [4.78, 5) is 0. The Labute approximate surface area is 125 Å². The van der Waals surface area contributed by atoms with Gasteiger partial charge in [0, 0.05) is 10.9 Å². The average Bonchev–Trinajstić information content (AvgIpc) is 2.37. The van der Waals surface area contributed by atoms with Crippen LogP contribution in [0.2, 0.25) is 5.02 Å². The van der Waals surface area contributed by atoms with Crippen LogP contribution in [0.3, 0.4) is 0 Å². The van der Waals surface area contributed by atoms with Gasteiger partial charge in [0.15, 0.2) is 0 Å². The molecule has 0 aliphatic carbocycles. The molecular formula is C15H13BrClFO. The van der Waals surface area contributed by atoms with Gasteiger partial charge in [-0.1, -0.05) is 51.8 Å². The lowest BCUT2D eigenvalue weighted by Gasteiger charge is -2.14. The zero-order valence-electron chi connectivity index (χ0n) is 10.3. The summed E-state index contributed by atoms with van der Waals surface area (Å²) < 4.78 is 14.0. The third kappa shape index (κ3) is 3.35. The first-order valence-corrected chi connectivity index (χ1v) is 7.03. The van der Waals surface area contributed by atoms with Crippen molar-refractivity contribution in [2.45, 2.75) is 19.4 Å². The molecule has 0 spiro atoms. The van der Waals surface area contributed by atoms with Gasteiger partial charge in [-0.15, -0.1) is 0 Å². The van der Waals surface area contributed by atoms with E-state index in [-0.39, 0.29) is 5.02 Å². The van der Waals surface area contributed by atoms with E-state index < -0.39 is 11.9 Å². The molecule has 0 fully saturated rings. The summed E-state index contributed by atoms with van der Waals surface area (Å²) >= 11 is 9.21. The smallest absolute Gasteiger partial charge is 0.141 e. The average molecular weight is 344 g/mol. The Bertz CT molecular complexity index is 601. The maximum atomic E-state index is 13.1. The molecule has 0 aliphatic heterocycles. The van der Waals surface area contributed by atoms with Crippen molar-refractivity contribution in [2.75, 3.05) is 0 Å². The molecule has 0 amide bonds. The van der Waals surface area contributed by atoms with Crippen molar-refractivity contribution in [3.63, 3.8) is 0 Å². The zero-order chi connectivity index (χ0) is 14.0. The van der Waals surface area contributed by atoms with Crippen LogP contribution in [0.15, 0.2) is 40.9 Å². The Hall–Kier alpha value is -0.900. The van der Waals surface area contributed by atoms with E-state index in [2.05, 4.69) is 15.9 Å². The number of aliphatic hydroxyl groups excluding tert-OH is 1. The third-order valence-corrected chi connectivity index (χ3v) is 4.37. The molecular weight excluding hydrogens is 331 g/mol. The molecule has 2 aromatic carbocycles. The lowest BCUT2D eigenvalue weighted by atomic mass is 10.00. The van der Waals surface area contributed by atoms with E-state index in [9.17, 15) is 9.50 Å². The second-order valence-electron chi connectivity index (χ2n) is 4.45. The van der Waals surface area contributed by atoms with Crippen LogP contribution >= 0.6 is 27.5 Å². The van der Waals surface area contributed by atoms with Crippen molar-refractivity contribution in [2.24, 2.45) is 0 Å². The molecule has 2 aromatic rings. The highest BCUT2D eigenvalue weighted by atomic mass is 79.9. The molecule has 0 saturated carbocycles. The number of hydrogen-bond donors (Lipinski definition) is 1. The van der Waals surface area contributed by atoms with Gasteiger partial charge in [0.05, 0.1) is 11.1 Å². The number of rotatable bonds is 3. The minimum atomic E-state index is -0.657. The Morgan fingerprint density at radius 3 is 2.74 bits per heavy atom. The van der Waals surface area contributed by atoms with E-state index >= 15 is 0 Å². The van der Waals surface area contributed by atoms with Crippen LogP contribution < -0.4 is 0 Å². The van der Waals surface area contributed by atoms with Crippen molar-refractivity contribution in [1.82, 2.24) is 0 Å². The second-order valence-corrected chi connectivity index (χ2v) is 5.65. The minimum Gasteiger partial charge on any atom is -0.388 e. The van der Waals surface area contributed by atoms with Gasteiger partial charge in [0.2, 0.25) is 0 Å². The summed E-state index contributed by atoms with van der Waals surface area (Å²) in [6.07, 6.45) is -0.266. The molecule has 0 bridgehead atoms. The molecule has 100 valence electrons. The Kier molecular flexibility index (Phi) is 4.61. The van der Waals surface area contributed by atoms with Gasteiger partial charge in [0.25, 0.3) is 0 Å². The van der Waals surface area contributed by atoms with Crippen LogP contribution in [0.4, 0.5) is 4.39 Å². The molecule has 0 saturated heterocycles. The Morgan fingerprint density at radius 2 is 2.05 bits per heavy atom. The fourth-order valence-corrected chi connectivity index (χ4v) is 2.66. The van der Waals surface area contributed by atoms with Gasteiger partial charge in [-0.05, 0) is 35.7 Å². The molecule has 4 heteroatoms. The Morgan fingerprint density at radius 1 is 1.32 bits per heavy atom. The lowest BCUT2D eigenvalue weighted by Crippen LogP contribution is -2.03. The molecule has 0 radical (unpaired) electrons. The highest BCUT2D eigenvalue weighted by Crippen LogP contribution is 2.29. The maximum absolute atomic E-state index is 13.1. The third-order valence-electron chi connectivity index (χ3n) is 2.99. The number of benzene rings is 2. The van der Waals surface area contributed by atoms with Crippen molar-refractivity contribution in [3.05, 3.63) is 68.4 Å². The summed E-state index contributed by atoms with van der Waals surface area (Å²) in [5.41, 5.74) is 2.68. The van der Waals surface area contributed by atoms with Crippen molar-refractivity contribution >= 4 is 27.5 Å². The number of aryl methyl sites for hydroxylation is 1. The molecule has 1 N–H and O–H groups in total. The molecule has 0 aromatic heterocycles.